The molecule has 1 aromatic carbocycles. The summed E-state index contributed by atoms with van der Waals surface area (Å²) in [6, 6.07) is 3.52. The molecule has 1 atom stereocenters. The molecule has 1 aromatic rings. The number of rotatable bonds is 4. The molecule has 19 heavy (non-hydrogen) atoms. The van der Waals surface area contributed by atoms with Gasteiger partial charge in [-0.1, -0.05) is 0 Å². The molecule has 1 saturated heterocycles. The van der Waals surface area contributed by atoms with Crippen LogP contribution in [0.4, 0.5) is 4.39 Å². The predicted octanol–water partition coefficient (Wildman–Crippen LogP) is 1.02. The number of ether oxygens (including phenoxy) is 1. The third kappa shape index (κ3) is 3.51. The summed E-state index contributed by atoms with van der Waals surface area (Å²) in [7, 11) is -3.85. The largest absolute Gasteiger partial charge is 0.386 e. The van der Waals surface area contributed by atoms with Crippen LogP contribution in [-0.4, -0.2) is 38.9 Å². The minimum Gasteiger partial charge on any atom is -0.386 e. The van der Waals surface area contributed by atoms with E-state index in [1.807, 2.05) is 0 Å². The summed E-state index contributed by atoms with van der Waals surface area (Å²) in [5.41, 5.74) is -1.19. The van der Waals surface area contributed by atoms with Gasteiger partial charge in [-0.25, -0.2) is 17.5 Å². The number of aliphatic hydroxyl groups is 1. The molecule has 2 rings (SSSR count). The zero-order chi connectivity index (χ0) is 14.1. The van der Waals surface area contributed by atoms with E-state index in [2.05, 4.69) is 20.7 Å². The number of halogens is 2. The third-order valence-electron chi connectivity index (χ3n) is 2.88. The summed E-state index contributed by atoms with van der Waals surface area (Å²) in [5, 5.41) is 9.97. The summed E-state index contributed by atoms with van der Waals surface area (Å²) in [6.07, 6.45) is 0.365. The van der Waals surface area contributed by atoms with Crippen molar-refractivity contribution in [3.63, 3.8) is 0 Å². The molecule has 5 nitrogen and oxygen atoms in total. The van der Waals surface area contributed by atoms with Crippen molar-refractivity contribution < 1.29 is 22.7 Å². The monoisotopic (exact) mass is 353 g/mol. The molecule has 1 fully saturated rings. The fourth-order valence-corrected chi connectivity index (χ4v) is 3.07. The highest BCUT2D eigenvalue weighted by molar-refractivity contribution is 9.10. The molecule has 0 amide bonds. The maximum atomic E-state index is 13.3. The molecule has 0 spiro atoms. The average Bonchev–Trinajstić information content (AvgIpc) is 2.78. The topological polar surface area (TPSA) is 75.6 Å². The van der Waals surface area contributed by atoms with Crippen molar-refractivity contribution in [3.8, 4) is 0 Å². The standard InChI is InChI=1S/C11H13BrFNO4S/c12-9-2-1-8(5-10(9)13)19(16,17)14-6-11(15)3-4-18-7-11/h1-2,5,14-15H,3-4,6-7H2. The van der Waals surface area contributed by atoms with Gasteiger partial charge < -0.3 is 9.84 Å². The molecule has 2 N–H and O–H groups in total. The molecule has 0 bridgehead atoms. The highest BCUT2D eigenvalue weighted by atomic mass is 79.9. The van der Waals surface area contributed by atoms with Crippen molar-refractivity contribution in [3.05, 3.63) is 28.5 Å². The zero-order valence-electron chi connectivity index (χ0n) is 9.90. The van der Waals surface area contributed by atoms with E-state index in [1.54, 1.807) is 0 Å². The van der Waals surface area contributed by atoms with Crippen molar-refractivity contribution in [2.24, 2.45) is 0 Å². The molecule has 1 aliphatic heterocycles. The van der Waals surface area contributed by atoms with E-state index in [9.17, 15) is 17.9 Å². The quantitative estimate of drug-likeness (QED) is 0.847. The van der Waals surface area contributed by atoms with Gasteiger partial charge in [0.2, 0.25) is 10.0 Å². The maximum Gasteiger partial charge on any atom is 0.240 e. The fraction of sp³-hybridized carbons (Fsp3) is 0.455. The second kappa shape index (κ2) is 5.45. The lowest BCUT2D eigenvalue weighted by molar-refractivity contribution is 0.0314. The van der Waals surface area contributed by atoms with Gasteiger partial charge in [0.25, 0.3) is 0 Å². The Labute approximate surface area is 119 Å². The van der Waals surface area contributed by atoms with E-state index >= 15 is 0 Å². The number of hydrogen-bond acceptors (Lipinski definition) is 4. The smallest absolute Gasteiger partial charge is 0.240 e. The van der Waals surface area contributed by atoms with Crippen LogP contribution in [0.15, 0.2) is 27.6 Å². The first-order valence-electron chi connectivity index (χ1n) is 5.57. The molecule has 0 aromatic heterocycles. The third-order valence-corrected chi connectivity index (χ3v) is 4.92. The maximum absolute atomic E-state index is 13.3. The van der Waals surface area contributed by atoms with Gasteiger partial charge in [0.1, 0.15) is 11.4 Å². The van der Waals surface area contributed by atoms with Gasteiger partial charge in [0, 0.05) is 19.6 Å². The van der Waals surface area contributed by atoms with Gasteiger partial charge in [-0.15, -0.1) is 0 Å². The Morgan fingerprint density at radius 1 is 1.53 bits per heavy atom. The highest BCUT2D eigenvalue weighted by Gasteiger charge is 2.33. The van der Waals surface area contributed by atoms with Crippen LogP contribution >= 0.6 is 15.9 Å². The summed E-state index contributed by atoms with van der Waals surface area (Å²) in [4.78, 5) is -0.185. The Morgan fingerprint density at radius 3 is 2.84 bits per heavy atom. The van der Waals surface area contributed by atoms with Crippen LogP contribution in [0.2, 0.25) is 0 Å². The Balaban J connectivity index is 2.11. The van der Waals surface area contributed by atoms with Crippen LogP contribution in [-0.2, 0) is 14.8 Å². The second-order valence-electron chi connectivity index (χ2n) is 4.43. The molecule has 106 valence electrons. The molecule has 0 aliphatic carbocycles. The average molecular weight is 354 g/mol. The van der Waals surface area contributed by atoms with Crippen LogP contribution in [0.1, 0.15) is 6.42 Å². The number of benzene rings is 1. The lowest BCUT2D eigenvalue weighted by Gasteiger charge is -2.20. The van der Waals surface area contributed by atoms with Gasteiger partial charge in [0.05, 0.1) is 16.0 Å². The lowest BCUT2D eigenvalue weighted by atomic mass is 10.1. The van der Waals surface area contributed by atoms with Crippen LogP contribution < -0.4 is 4.72 Å². The van der Waals surface area contributed by atoms with Crippen LogP contribution in [0.5, 0.6) is 0 Å². The first-order chi connectivity index (χ1) is 8.82. The predicted molar refractivity (Wildman–Crippen MR) is 69.7 cm³/mol. The second-order valence-corrected chi connectivity index (χ2v) is 7.05. The van der Waals surface area contributed by atoms with E-state index in [0.717, 1.165) is 6.07 Å². The molecule has 0 saturated carbocycles. The van der Waals surface area contributed by atoms with Gasteiger partial charge in [-0.2, -0.15) is 0 Å². The normalized spacial score (nSPS) is 23.7. The van der Waals surface area contributed by atoms with E-state index in [0.29, 0.717) is 13.0 Å². The molecule has 1 unspecified atom stereocenters. The fourth-order valence-electron chi connectivity index (χ4n) is 1.69. The summed E-state index contributed by atoms with van der Waals surface area (Å²) in [5.74, 6) is -0.661. The first kappa shape index (κ1) is 14.9. The van der Waals surface area contributed by atoms with Gasteiger partial charge in [-0.3, -0.25) is 0 Å². The van der Waals surface area contributed by atoms with Crippen molar-refractivity contribution in [1.82, 2.24) is 4.72 Å². The number of hydrogen-bond donors (Lipinski definition) is 2. The van der Waals surface area contributed by atoms with Gasteiger partial charge in [0.15, 0.2) is 0 Å². The SMILES string of the molecule is O=S(=O)(NCC1(O)CCOC1)c1ccc(Br)c(F)c1. The Hall–Kier alpha value is -0.540. The van der Waals surface area contributed by atoms with E-state index in [-0.39, 0.29) is 22.5 Å². The highest BCUT2D eigenvalue weighted by Crippen LogP contribution is 2.21. The van der Waals surface area contributed by atoms with Gasteiger partial charge in [-0.05, 0) is 34.1 Å². The number of sulfonamides is 1. The summed E-state index contributed by atoms with van der Waals surface area (Å²) < 4.78 is 44.7. The molecular weight excluding hydrogens is 341 g/mol. The van der Waals surface area contributed by atoms with Crippen molar-refractivity contribution in [2.45, 2.75) is 16.9 Å². The summed E-state index contributed by atoms with van der Waals surface area (Å²) >= 11 is 2.95. The van der Waals surface area contributed by atoms with Crippen LogP contribution in [0.25, 0.3) is 0 Å². The lowest BCUT2D eigenvalue weighted by Crippen LogP contribution is -2.43. The first-order valence-corrected chi connectivity index (χ1v) is 7.85. The molecule has 8 heteroatoms. The zero-order valence-corrected chi connectivity index (χ0v) is 12.3. The Bertz CT molecular complexity index is 572. The van der Waals surface area contributed by atoms with Crippen LogP contribution in [0.3, 0.4) is 0 Å². The van der Waals surface area contributed by atoms with E-state index < -0.39 is 21.4 Å². The van der Waals surface area contributed by atoms with E-state index in [4.69, 9.17) is 4.74 Å². The molecule has 1 aliphatic rings. The van der Waals surface area contributed by atoms with Crippen molar-refractivity contribution >= 4 is 26.0 Å². The van der Waals surface area contributed by atoms with Crippen molar-refractivity contribution in [2.75, 3.05) is 19.8 Å². The Morgan fingerprint density at radius 2 is 2.26 bits per heavy atom. The summed E-state index contributed by atoms with van der Waals surface area (Å²) in [6.45, 7) is 0.322. The van der Waals surface area contributed by atoms with E-state index in [1.165, 1.54) is 12.1 Å². The molecular formula is C11H13BrFNO4S. The Kier molecular flexibility index (Phi) is 4.26. The minimum absolute atomic E-state index is 0.0875. The van der Waals surface area contributed by atoms with Crippen molar-refractivity contribution in [1.29, 1.82) is 0 Å². The van der Waals surface area contributed by atoms with Crippen LogP contribution in [0, 0.1) is 5.82 Å². The number of nitrogens with one attached hydrogen (secondary N) is 1. The van der Waals surface area contributed by atoms with Gasteiger partial charge >= 0.3 is 0 Å². The molecule has 1 heterocycles. The minimum atomic E-state index is -3.85. The molecule has 0 radical (unpaired) electrons.